The normalized spacial score (nSPS) is 17.9. The van der Waals surface area contributed by atoms with Crippen molar-refractivity contribution in [2.24, 2.45) is 0 Å². The molecule has 1 aliphatic rings. The summed E-state index contributed by atoms with van der Waals surface area (Å²) < 4.78 is 18.2. The maximum absolute atomic E-state index is 13.9. The Balaban J connectivity index is 1.42. The second kappa shape index (κ2) is 14.8. The van der Waals surface area contributed by atoms with Crippen LogP contribution < -0.4 is 5.32 Å². The van der Waals surface area contributed by atoms with Crippen LogP contribution in [0, 0.1) is 0 Å². The Morgan fingerprint density at radius 2 is 1.53 bits per heavy atom. The predicted molar refractivity (Wildman–Crippen MR) is 183 cm³/mol. The molecule has 1 fully saturated rings. The third-order valence-corrected chi connectivity index (χ3v) is 8.14. The molecule has 47 heavy (non-hydrogen) atoms. The number of hydrogen-bond acceptors (Lipinski definition) is 6. The number of carbonyl (C=O) groups is 2. The van der Waals surface area contributed by atoms with Crippen molar-refractivity contribution in [2.75, 3.05) is 0 Å². The van der Waals surface area contributed by atoms with Crippen LogP contribution >= 0.6 is 0 Å². The van der Waals surface area contributed by atoms with Crippen LogP contribution in [0.15, 0.2) is 109 Å². The standard InChI is InChI=1S/C39H45N3O5/c1-38(2,3)47-36(43)41-33(23-28-13-8-6-9-14-28)25-35-34(24-29-18-20-31(21-19-29)32-17-12-22-40-26-32)42(39(4,5)46-35)37(44)45-27-30-15-10-7-11-16-30/h6-22,26,33-35H,23-25,27H2,1-5H3,(H,41,43)/t33-,34-,35-/m0/s1. The Hall–Kier alpha value is -4.69. The lowest BCUT2D eigenvalue weighted by Crippen LogP contribution is -2.50. The number of ether oxygens (including phenoxy) is 3. The zero-order chi connectivity index (χ0) is 33.4. The summed E-state index contributed by atoms with van der Waals surface area (Å²) in [4.78, 5) is 32.8. The monoisotopic (exact) mass is 635 g/mol. The van der Waals surface area contributed by atoms with Crippen LogP contribution in [0.1, 0.15) is 57.7 Å². The number of nitrogens with one attached hydrogen (secondary N) is 1. The number of pyridine rings is 1. The third-order valence-electron chi connectivity index (χ3n) is 8.14. The molecule has 0 spiro atoms. The molecule has 4 aromatic rings. The fourth-order valence-electron chi connectivity index (χ4n) is 6.10. The van der Waals surface area contributed by atoms with E-state index in [2.05, 4.69) is 34.6 Å². The molecule has 0 unspecified atom stereocenters. The Kier molecular flexibility index (Phi) is 10.6. The number of nitrogens with zero attached hydrogens (tertiary/aromatic N) is 2. The maximum Gasteiger partial charge on any atom is 0.412 e. The number of amides is 2. The maximum atomic E-state index is 13.9. The number of aromatic nitrogens is 1. The van der Waals surface area contributed by atoms with E-state index in [1.54, 1.807) is 11.1 Å². The minimum absolute atomic E-state index is 0.153. The van der Waals surface area contributed by atoms with Gasteiger partial charge in [-0.2, -0.15) is 0 Å². The van der Waals surface area contributed by atoms with E-state index in [1.807, 2.05) is 114 Å². The number of rotatable bonds is 10. The molecule has 5 rings (SSSR count). The van der Waals surface area contributed by atoms with Crippen LogP contribution in [0.2, 0.25) is 0 Å². The highest BCUT2D eigenvalue weighted by Gasteiger charge is 2.51. The van der Waals surface area contributed by atoms with Crippen LogP contribution in [-0.2, 0) is 33.7 Å². The van der Waals surface area contributed by atoms with Crippen molar-refractivity contribution in [1.82, 2.24) is 15.2 Å². The fraction of sp³-hybridized carbons (Fsp3) is 0.359. The van der Waals surface area contributed by atoms with E-state index in [1.165, 1.54) is 0 Å². The van der Waals surface area contributed by atoms with Crippen molar-refractivity contribution in [2.45, 2.75) is 90.0 Å². The number of benzene rings is 3. The Bertz CT molecular complexity index is 1590. The molecule has 2 heterocycles. The lowest BCUT2D eigenvalue weighted by Gasteiger charge is -2.33. The first-order chi connectivity index (χ1) is 22.5. The lowest BCUT2D eigenvalue weighted by atomic mass is 9.93. The number of hydrogen-bond donors (Lipinski definition) is 1. The largest absolute Gasteiger partial charge is 0.444 e. The number of alkyl carbamates (subject to hydrolysis) is 1. The average Bonchev–Trinajstić information content (AvgIpc) is 3.28. The van der Waals surface area contributed by atoms with Crippen LogP contribution in [-0.4, -0.2) is 51.6 Å². The first kappa shape index (κ1) is 33.7. The van der Waals surface area contributed by atoms with E-state index in [4.69, 9.17) is 14.2 Å². The summed E-state index contributed by atoms with van der Waals surface area (Å²) >= 11 is 0. The van der Waals surface area contributed by atoms with Crippen LogP contribution in [0.5, 0.6) is 0 Å². The van der Waals surface area contributed by atoms with Gasteiger partial charge in [0, 0.05) is 18.4 Å². The molecular formula is C39H45N3O5. The zero-order valence-electron chi connectivity index (χ0n) is 27.9. The van der Waals surface area contributed by atoms with E-state index in [0.29, 0.717) is 19.3 Å². The first-order valence-electron chi connectivity index (χ1n) is 16.2. The topological polar surface area (TPSA) is 90.0 Å². The lowest BCUT2D eigenvalue weighted by molar-refractivity contribution is -0.0735. The highest BCUT2D eigenvalue weighted by Crippen LogP contribution is 2.37. The van der Waals surface area contributed by atoms with Crippen LogP contribution in [0.4, 0.5) is 9.59 Å². The van der Waals surface area contributed by atoms with Crippen molar-refractivity contribution < 1.29 is 23.8 Å². The first-order valence-corrected chi connectivity index (χ1v) is 16.2. The van der Waals surface area contributed by atoms with Crippen molar-refractivity contribution in [3.63, 3.8) is 0 Å². The molecule has 1 aliphatic heterocycles. The van der Waals surface area contributed by atoms with E-state index in [-0.39, 0.29) is 18.7 Å². The van der Waals surface area contributed by atoms with Gasteiger partial charge in [-0.1, -0.05) is 91.0 Å². The van der Waals surface area contributed by atoms with Gasteiger partial charge in [0.1, 0.15) is 17.9 Å². The van der Waals surface area contributed by atoms with Crippen molar-refractivity contribution in [1.29, 1.82) is 0 Å². The van der Waals surface area contributed by atoms with E-state index >= 15 is 0 Å². The Morgan fingerprint density at radius 1 is 0.872 bits per heavy atom. The summed E-state index contributed by atoms with van der Waals surface area (Å²) in [6, 6.07) is 31.2. The molecule has 1 saturated heterocycles. The molecule has 0 radical (unpaired) electrons. The molecule has 3 atom stereocenters. The molecule has 246 valence electrons. The van der Waals surface area contributed by atoms with E-state index in [0.717, 1.165) is 27.8 Å². The second-order valence-electron chi connectivity index (χ2n) is 13.5. The van der Waals surface area contributed by atoms with Gasteiger partial charge in [0.2, 0.25) is 0 Å². The summed E-state index contributed by atoms with van der Waals surface area (Å²) in [6.45, 7) is 9.47. The Morgan fingerprint density at radius 3 is 2.15 bits per heavy atom. The SMILES string of the molecule is CC(C)(C)OC(=O)N[C@@H](Cc1ccccc1)C[C@@H]1OC(C)(C)N(C(=O)OCc2ccccc2)[C@H]1Cc1ccc(-c2cccnc2)cc1. The van der Waals surface area contributed by atoms with Gasteiger partial charge in [-0.3, -0.25) is 9.88 Å². The van der Waals surface area contributed by atoms with Gasteiger partial charge in [-0.15, -0.1) is 0 Å². The molecule has 1 N–H and O–H groups in total. The summed E-state index contributed by atoms with van der Waals surface area (Å²) in [5.41, 5.74) is 3.53. The van der Waals surface area contributed by atoms with E-state index < -0.39 is 29.6 Å². The summed E-state index contributed by atoms with van der Waals surface area (Å²) in [5, 5.41) is 3.10. The smallest absolute Gasteiger partial charge is 0.412 e. The Labute approximate surface area is 278 Å². The second-order valence-corrected chi connectivity index (χ2v) is 13.5. The van der Waals surface area contributed by atoms with Crippen molar-refractivity contribution >= 4 is 12.2 Å². The molecule has 0 saturated carbocycles. The molecule has 1 aromatic heterocycles. The minimum atomic E-state index is -0.956. The summed E-state index contributed by atoms with van der Waals surface area (Å²) in [6.07, 6.45) is 3.82. The zero-order valence-corrected chi connectivity index (χ0v) is 27.9. The fourth-order valence-corrected chi connectivity index (χ4v) is 6.10. The average molecular weight is 636 g/mol. The molecule has 8 nitrogen and oxygen atoms in total. The van der Waals surface area contributed by atoms with Gasteiger partial charge in [-0.25, -0.2) is 9.59 Å². The van der Waals surface area contributed by atoms with Crippen LogP contribution in [0.3, 0.4) is 0 Å². The van der Waals surface area contributed by atoms with Gasteiger partial charge >= 0.3 is 12.2 Å². The van der Waals surface area contributed by atoms with Gasteiger partial charge in [-0.05, 0) is 87.8 Å². The van der Waals surface area contributed by atoms with Gasteiger partial charge in [0.05, 0.1) is 12.1 Å². The van der Waals surface area contributed by atoms with Crippen molar-refractivity contribution in [3.8, 4) is 11.1 Å². The van der Waals surface area contributed by atoms with Crippen molar-refractivity contribution in [3.05, 3.63) is 126 Å². The van der Waals surface area contributed by atoms with Gasteiger partial charge in [0.25, 0.3) is 0 Å². The summed E-state index contributed by atoms with van der Waals surface area (Å²) in [5.74, 6) is 0. The molecule has 2 amide bonds. The van der Waals surface area contributed by atoms with Gasteiger partial charge in [0.15, 0.2) is 0 Å². The number of carbonyl (C=O) groups excluding carboxylic acids is 2. The van der Waals surface area contributed by atoms with Crippen LogP contribution in [0.25, 0.3) is 11.1 Å². The molecule has 0 aliphatic carbocycles. The predicted octanol–water partition coefficient (Wildman–Crippen LogP) is 7.96. The third kappa shape index (κ3) is 9.42. The molecule has 0 bridgehead atoms. The molecular weight excluding hydrogens is 590 g/mol. The minimum Gasteiger partial charge on any atom is -0.444 e. The highest BCUT2D eigenvalue weighted by molar-refractivity contribution is 5.70. The summed E-state index contributed by atoms with van der Waals surface area (Å²) in [7, 11) is 0. The van der Waals surface area contributed by atoms with Gasteiger partial charge < -0.3 is 19.5 Å². The highest BCUT2D eigenvalue weighted by atomic mass is 16.6. The van der Waals surface area contributed by atoms with E-state index in [9.17, 15) is 9.59 Å². The quantitative estimate of drug-likeness (QED) is 0.190. The molecule has 3 aromatic carbocycles. The molecule has 8 heteroatoms.